The van der Waals surface area contributed by atoms with Gasteiger partial charge in [-0.2, -0.15) is 0 Å². The van der Waals surface area contributed by atoms with Crippen LogP contribution >= 0.6 is 34.8 Å². The Bertz CT molecular complexity index is 1560. The van der Waals surface area contributed by atoms with Gasteiger partial charge in [0.05, 0.1) is 24.1 Å². The second-order valence-electron chi connectivity index (χ2n) is 11.2. The molecule has 0 bridgehead atoms. The Kier molecular flexibility index (Phi) is 12.4. The minimum absolute atomic E-state index is 0.0107. The lowest BCUT2D eigenvalue weighted by atomic mass is 10.0. The minimum atomic E-state index is -3.71. The largest absolute Gasteiger partial charge is 0.495 e. The summed E-state index contributed by atoms with van der Waals surface area (Å²) in [6.45, 7) is 0.0301. The quantitative estimate of drug-likeness (QED) is 0.198. The van der Waals surface area contributed by atoms with E-state index >= 15 is 0 Å². The lowest BCUT2D eigenvalue weighted by molar-refractivity contribution is -0.141. The molecule has 1 fully saturated rings. The van der Waals surface area contributed by atoms with Gasteiger partial charge in [-0.25, -0.2) is 8.42 Å². The number of nitrogens with one attached hydrogen (secondary N) is 1. The standard InChI is InChI=1S/C33H38Cl3N3O5S/c1-44-31-18-17-25(21-29(31)36)39(45(2,42)43)19-9-16-32(40)38(22-26-27(34)14-8-15-28(26)35)30(20-23-10-4-3-5-11-23)33(41)37-24-12-6-7-13-24/h3-5,8,10-11,14-15,17-18,21,24,30H,6-7,9,12-13,16,19-20,22H2,1-2H3,(H,37,41)/t30-/m1/s1. The lowest BCUT2D eigenvalue weighted by Crippen LogP contribution is -2.52. The van der Waals surface area contributed by atoms with Crippen molar-refractivity contribution < 1.29 is 22.7 Å². The van der Waals surface area contributed by atoms with E-state index in [0.29, 0.717) is 27.0 Å². The summed E-state index contributed by atoms with van der Waals surface area (Å²) in [5.41, 5.74) is 1.78. The Morgan fingerprint density at radius 3 is 2.22 bits per heavy atom. The number of amides is 2. The molecule has 1 saturated carbocycles. The topological polar surface area (TPSA) is 96.0 Å². The Morgan fingerprint density at radius 2 is 1.62 bits per heavy atom. The molecule has 0 aliphatic heterocycles. The van der Waals surface area contributed by atoms with Crippen molar-refractivity contribution in [3.8, 4) is 5.75 Å². The first kappa shape index (κ1) is 34.9. The van der Waals surface area contributed by atoms with Gasteiger partial charge in [0.2, 0.25) is 21.8 Å². The van der Waals surface area contributed by atoms with Crippen LogP contribution in [0.4, 0.5) is 5.69 Å². The third-order valence-electron chi connectivity index (χ3n) is 7.94. The number of halogens is 3. The van der Waals surface area contributed by atoms with E-state index in [1.807, 2.05) is 30.3 Å². The fourth-order valence-electron chi connectivity index (χ4n) is 5.59. The summed E-state index contributed by atoms with van der Waals surface area (Å²) >= 11 is 19.4. The summed E-state index contributed by atoms with van der Waals surface area (Å²) in [7, 11) is -2.23. The third-order valence-corrected chi connectivity index (χ3v) is 10.1. The maximum atomic E-state index is 14.1. The zero-order chi connectivity index (χ0) is 32.6. The van der Waals surface area contributed by atoms with Crippen molar-refractivity contribution in [3.63, 3.8) is 0 Å². The molecule has 0 spiro atoms. The fourth-order valence-corrected chi connectivity index (χ4v) is 7.32. The summed E-state index contributed by atoms with van der Waals surface area (Å²) in [5, 5.41) is 4.20. The number of methoxy groups -OCH3 is 1. The van der Waals surface area contributed by atoms with Crippen LogP contribution in [0, 0.1) is 0 Å². The molecule has 0 radical (unpaired) electrons. The molecule has 1 aliphatic rings. The second kappa shape index (κ2) is 16.0. The van der Waals surface area contributed by atoms with E-state index in [1.165, 1.54) is 22.4 Å². The van der Waals surface area contributed by atoms with Crippen molar-refractivity contribution >= 4 is 62.3 Å². The van der Waals surface area contributed by atoms with Crippen LogP contribution in [0.2, 0.25) is 15.1 Å². The number of hydrogen-bond acceptors (Lipinski definition) is 5. The van der Waals surface area contributed by atoms with Crippen LogP contribution in [0.15, 0.2) is 66.7 Å². The highest BCUT2D eigenvalue weighted by atomic mass is 35.5. The zero-order valence-electron chi connectivity index (χ0n) is 25.3. The first-order valence-electron chi connectivity index (χ1n) is 14.9. The zero-order valence-corrected chi connectivity index (χ0v) is 28.4. The van der Waals surface area contributed by atoms with Crippen molar-refractivity contribution in [2.75, 3.05) is 24.2 Å². The van der Waals surface area contributed by atoms with Crippen LogP contribution in [0.25, 0.3) is 0 Å². The first-order valence-corrected chi connectivity index (χ1v) is 17.8. The number of rotatable bonds is 14. The normalized spacial score (nSPS) is 14.2. The summed E-state index contributed by atoms with van der Waals surface area (Å²) < 4.78 is 31.9. The fraction of sp³-hybridized carbons (Fsp3) is 0.394. The number of benzene rings is 3. The van der Waals surface area contributed by atoms with Gasteiger partial charge in [-0.15, -0.1) is 0 Å². The average Bonchev–Trinajstić information content (AvgIpc) is 3.51. The van der Waals surface area contributed by atoms with E-state index in [2.05, 4.69) is 5.32 Å². The molecule has 3 aromatic rings. The van der Waals surface area contributed by atoms with Crippen molar-refractivity contribution in [1.82, 2.24) is 10.2 Å². The molecule has 1 N–H and O–H groups in total. The molecule has 242 valence electrons. The van der Waals surface area contributed by atoms with Crippen LogP contribution in [-0.2, 0) is 32.6 Å². The number of ether oxygens (including phenoxy) is 1. The van der Waals surface area contributed by atoms with Gasteiger partial charge >= 0.3 is 0 Å². The van der Waals surface area contributed by atoms with Crippen molar-refractivity contribution in [2.24, 2.45) is 0 Å². The molecular weight excluding hydrogens is 657 g/mol. The number of sulfonamides is 1. The summed E-state index contributed by atoms with van der Waals surface area (Å²) in [6.07, 6.45) is 5.42. The molecule has 2 amide bonds. The van der Waals surface area contributed by atoms with Gasteiger partial charge in [-0.3, -0.25) is 13.9 Å². The SMILES string of the molecule is COc1ccc(N(CCCC(=O)N(Cc2c(Cl)cccc2Cl)[C@H](Cc2ccccc2)C(=O)NC2CCCC2)S(C)(=O)=O)cc1Cl. The van der Waals surface area contributed by atoms with Crippen LogP contribution in [0.5, 0.6) is 5.75 Å². The van der Waals surface area contributed by atoms with Crippen LogP contribution < -0.4 is 14.4 Å². The Balaban J connectivity index is 1.62. The Labute approximate surface area is 280 Å². The Hall–Kier alpha value is -2.98. The van der Waals surface area contributed by atoms with E-state index in [0.717, 1.165) is 37.5 Å². The summed E-state index contributed by atoms with van der Waals surface area (Å²) in [6, 6.07) is 18.5. The molecule has 45 heavy (non-hydrogen) atoms. The minimum Gasteiger partial charge on any atom is -0.495 e. The van der Waals surface area contributed by atoms with E-state index in [4.69, 9.17) is 39.5 Å². The van der Waals surface area contributed by atoms with Gasteiger partial charge < -0.3 is 15.0 Å². The highest BCUT2D eigenvalue weighted by Gasteiger charge is 2.33. The van der Waals surface area contributed by atoms with Gasteiger partial charge in [-0.1, -0.05) is 84.0 Å². The van der Waals surface area contributed by atoms with E-state index < -0.39 is 16.1 Å². The maximum absolute atomic E-state index is 14.1. The molecule has 12 heteroatoms. The van der Waals surface area contributed by atoms with Gasteiger partial charge in [0.1, 0.15) is 11.8 Å². The third kappa shape index (κ3) is 9.51. The molecule has 0 heterocycles. The lowest BCUT2D eigenvalue weighted by Gasteiger charge is -2.33. The summed E-state index contributed by atoms with van der Waals surface area (Å²) in [4.78, 5) is 29.5. The van der Waals surface area contributed by atoms with Crippen molar-refractivity contribution in [3.05, 3.63) is 92.9 Å². The van der Waals surface area contributed by atoms with E-state index in [-0.39, 0.29) is 55.2 Å². The molecule has 0 aromatic heterocycles. The van der Waals surface area contributed by atoms with Gasteiger partial charge in [0, 0.05) is 47.6 Å². The van der Waals surface area contributed by atoms with Crippen molar-refractivity contribution in [1.29, 1.82) is 0 Å². The monoisotopic (exact) mass is 693 g/mol. The number of hydrogen-bond donors (Lipinski definition) is 1. The number of carbonyl (C=O) groups is 2. The van der Waals surface area contributed by atoms with E-state index in [1.54, 1.807) is 30.3 Å². The second-order valence-corrected chi connectivity index (χ2v) is 14.3. The first-order chi connectivity index (χ1) is 21.5. The molecule has 8 nitrogen and oxygen atoms in total. The van der Waals surface area contributed by atoms with Crippen LogP contribution in [-0.4, -0.2) is 57.1 Å². The van der Waals surface area contributed by atoms with Crippen LogP contribution in [0.1, 0.15) is 49.7 Å². The van der Waals surface area contributed by atoms with Gasteiger partial charge in [0.25, 0.3) is 0 Å². The van der Waals surface area contributed by atoms with Crippen molar-refractivity contribution in [2.45, 2.75) is 63.6 Å². The van der Waals surface area contributed by atoms with Gasteiger partial charge in [-0.05, 0) is 55.2 Å². The molecule has 3 aromatic carbocycles. The van der Waals surface area contributed by atoms with Crippen LogP contribution in [0.3, 0.4) is 0 Å². The molecule has 1 atom stereocenters. The predicted octanol–water partition coefficient (Wildman–Crippen LogP) is 6.90. The highest BCUT2D eigenvalue weighted by molar-refractivity contribution is 7.92. The van der Waals surface area contributed by atoms with E-state index in [9.17, 15) is 18.0 Å². The molecule has 1 aliphatic carbocycles. The number of anilines is 1. The predicted molar refractivity (Wildman–Crippen MR) is 181 cm³/mol. The smallest absolute Gasteiger partial charge is 0.243 e. The van der Waals surface area contributed by atoms with Gasteiger partial charge in [0.15, 0.2) is 0 Å². The maximum Gasteiger partial charge on any atom is 0.243 e. The Morgan fingerprint density at radius 1 is 0.956 bits per heavy atom. The summed E-state index contributed by atoms with van der Waals surface area (Å²) in [5.74, 6) is -0.152. The molecule has 4 rings (SSSR count). The number of nitrogens with zero attached hydrogens (tertiary/aromatic N) is 2. The highest BCUT2D eigenvalue weighted by Crippen LogP contribution is 2.31. The molecule has 0 saturated heterocycles. The number of carbonyl (C=O) groups excluding carboxylic acids is 2. The molecular formula is C33H38Cl3N3O5S. The molecule has 0 unspecified atom stereocenters. The average molecular weight is 695 g/mol.